The predicted octanol–water partition coefficient (Wildman–Crippen LogP) is 9.79. The Hall–Kier alpha value is -3.35. The molecule has 0 unspecified atom stereocenters. The van der Waals surface area contributed by atoms with Crippen molar-refractivity contribution in [3.63, 3.8) is 0 Å². The molecule has 0 aliphatic rings. The van der Waals surface area contributed by atoms with Crippen LogP contribution in [-0.4, -0.2) is 0 Å². The van der Waals surface area contributed by atoms with Crippen molar-refractivity contribution < 1.29 is 0 Å². The van der Waals surface area contributed by atoms with Gasteiger partial charge in [-0.25, -0.2) is 0 Å². The number of rotatable bonds is 3. The summed E-state index contributed by atoms with van der Waals surface area (Å²) >= 11 is 6.06. The summed E-state index contributed by atoms with van der Waals surface area (Å²) in [6, 6.07) is 39.0. The van der Waals surface area contributed by atoms with Crippen LogP contribution in [0.1, 0.15) is 26.3 Å². The van der Waals surface area contributed by atoms with E-state index in [0.29, 0.717) is 0 Å². The Bertz CT molecular complexity index is 1400. The Morgan fingerprint density at radius 1 is 0.485 bits per heavy atom. The molecule has 0 nitrogen and oxygen atoms in total. The fraction of sp³-hybridized carbons (Fsp3) is 0.125. The van der Waals surface area contributed by atoms with Crippen molar-refractivity contribution in [3.8, 4) is 33.4 Å². The molecule has 33 heavy (non-hydrogen) atoms. The lowest BCUT2D eigenvalue weighted by molar-refractivity contribution is 0.590. The molecule has 0 spiro atoms. The predicted molar refractivity (Wildman–Crippen MR) is 144 cm³/mol. The smallest absolute Gasteiger partial charge is 0.0406 e. The van der Waals surface area contributed by atoms with E-state index >= 15 is 0 Å². The van der Waals surface area contributed by atoms with E-state index in [1.54, 1.807) is 0 Å². The van der Waals surface area contributed by atoms with Gasteiger partial charge in [0, 0.05) is 5.02 Å². The van der Waals surface area contributed by atoms with Gasteiger partial charge in [-0.2, -0.15) is 0 Å². The fourth-order valence-corrected chi connectivity index (χ4v) is 4.58. The third kappa shape index (κ3) is 4.32. The lowest BCUT2D eigenvalue weighted by Gasteiger charge is -2.19. The summed E-state index contributed by atoms with van der Waals surface area (Å²) in [6.07, 6.45) is 0. The summed E-state index contributed by atoms with van der Waals surface area (Å²) < 4.78 is 0. The summed E-state index contributed by atoms with van der Waals surface area (Å²) in [5, 5.41) is 3.31. The molecule has 1 heteroatoms. The highest BCUT2D eigenvalue weighted by Crippen LogP contribution is 2.37. The Balaban J connectivity index is 1.60. The van der Waals surface area contributed by atoms with Crippen molar-refractivity contribution in [2.45, 2.75) is 26.2 Å². The Morgan fingerprint density at radius 2 is 0.909 bits per heavy atom. The van der Waals surface area contributed by atoms with E-state index in [-0.39, 0.29) is 5.41 Å². The Morgan fingerprint density at radius 3 is 1.39 bits per heavy atom. The van der Waals surface area contributed by atoms with E-state index in [2.05, 4.69) is 118 Å². The zero-order chi connectivity index (χ0) is 23.0. The van der Waals surface area contributed by atoms with Gasteiger partial charge in [0.2, 0.25) is 0 Å². The van der Waals surface area contributed by atoms with E-state index in [1.807, 2.05) is 12.1 Å². The monoisotopic (exact) mass is 446 g/mol. The molecule has 5 aromatic rings. The third-order valence-electron chi connectivity index (χ3n) is 6.34. The number of fused-ring (bicyclic) bond motifs is 1. The van der Waals surface area contributed by atoms with E-state index in [9.17, 15) is 0 Å². The minimum absolute atomic E-state index is 0.147. The summed E-state index contributed by atoms with van der Waals surface area (Å²) in [4.78, 5) is 0. The van der Waals surface area contributed by atoms with Gasteiger partial charge in [-0.15, -0.1) is 0 Å². The molecule has 0 fully saturated rings. The average molecular weight is 447 g/mol. The quantitative estimate of drug-likeness (QED) is 0.258. The summed E-state index contributed by atoms with van der Waals surface area (Å²) in [6.45, 7) is 6.77. The van der Waals surface area contributed by atoms with Crippen LogP contribution in [-0.2, 0) is 5.41 Å². The van der Waals surface area contributed by atoms with Gasteiger partial charge >= 0.3 is 0 Å². The van der Waals surface area contributed by atoms with Gasteiger partial charge in [0.25, 0.3) is 0 Å². The van der Waals surface area contributed by atoms with Crippen LogP contribution in [0.2, 0.25) is 5.02 Å². The summed E-state index contributed by atoms with van der Waals surface area (Å²) in [7, 11) is 0. The standard InChI is InChI=1S/C32H27Cl/c1-32(2,3)27-18-14-25(15-19-27)30-9-5-7-26-6-4-8-29(31(26)30)24-12-10-22(11-13-24)23-16-20-28(33)21-17-23/h4-21H,1-3H3. The van der Waals surface area contributed by atoms with Crippen molar-refractivity contribution >= 4 is 22.4 Å². The fourth-order valence-electron chi connectivity index (χ4n) is 4.46. The van der Waals surface area contributed by atoms with Crippen LogP contribution in [0.15, 0.2) is 109 Å². The first kappa shape index (κ1) is 21.5. The molecule has 0 aromatic heterocycles. The molecule has 162 valence electrons. The first-order chi connectivity index (χ1) is 15.9. The first-order valence-corrected chi connectivity index (χ1v) is 11.8. The van der Waals surface area contributed by atoms with E-state index in [4.69, 9.17) is 11.6 Å². The highest BCUT2D eigenvalue weighted by molar-refractivity contribution is 6.30. The molecule has 5 rings (SSSR count). The average Bonchev–Trinajstić information content (AvgIpc) is 2.83. The van der Waals surface area contributed by atoms with E-state index in [0.717, 1.165) is 5.02 Å². The molecule has 0 saturated heterocycles. The molecule has 0 amide bonds. The van der Waals surface area contributed by atoms with Crippen LogP contribution in [0.25, 0.3) is 44.2 Å². The zero-order valence-electron chi connectivity index (χ0n) is 19.3. The number of benzene rings is 5. The van der Waals surface area contributed by atoms with E-state index in [1.165, 1.54) is 49.7 Å². The summed E-state index contributed by atoms with van der Waals surface area (Å²) in [5.74, 6) is 0. The van der Waals surface area contributed by atoms with Gasteiger partial charge in [0.1, 0.15) is 0 Å². The van der Waals surface area contributed by atoms with Crippen molar-refractivity contribution in [2.75, 3.05) is 0 Å². The molecule has 0 aliphatic carbocycles. The molecular weight excluding hydrogens is 420 g/mol. The lowest BCUT2D eigenvalue weighted by atomic mass is 9.85. The van der Waals surface area contributed by atoms with Gasteiger partial charge < -0.3 is 0 Å². The van der Waals surface area contributed by atoms with Crippen LogP contribution >= 0.6 is 11.6 Å². The summed E-state index contributed by atoms with van der Waals surface area (Å²) in [5.41, 5.74) is 8.85. The second-order valence-corrected chi connectivity index (χ2v) is 10.1. The number of hydrogen-bond acceptors (Lipinski definition) is 0. The number of halogens is 1. The Labute approximate surface area is 201 Å². The largest absolute Gasteiger partial charge is 0.0843 e. The van der Waals surface area contributed by atoms with Gasteiger partial charge in [-0.05, 0) is 67.3 Å². The molecule has 0 N–H and O–H groups in total. The van der Waals surface area contributed by atoms with Crippen LogP contribution in [0, 0.1) is 0 Å². The maximum absolute atomic E-state index is 6.06. The lowest BCUT2D eigenvalue weighted by Crippen LogP contribution is -2.10. The van der Waals surface area contributed by atoms with Crippen molar-refractivity contribution in [1.29, 1.82) is 0 Å². The Kier molecular flexibility index (Phi) is 5.56. The molecule has 0 saturated carbocycles. The zero-order valence-corrected chi connectivity index (χ0v) is 20.0. The van der Waals surface area contributed by atoms with Crippen LogP contribution in [0.4, 0.5) is 0 Å². The van der Waals surface area contributed by atoms with Crippen LogP contribution < -0.4 is 0 Å². The van der Waals surface area contributed by atoms with Gasteiger partial charge in [0.15, 0.2) is 0 Å². The second-order valence-electron chi connectivity index (χ2n) is 9.62. The molecule has 5 aromatic carbocycles. The van der Waals surface area contributed by atoms with Crippen molar-refractivity contribution in [1.82, 2.24) is 0 Å². The third-order valence-corrected chi connectivity index (χ3v) is 6.59. The SMILES string of the molecule is CC(C)(C)c1ccc(-c2cccc3cccc(-c4ccc(-c5ccc(Cl)cc5)cc4)c23)cc1. The molecular formula is C32H27Cl. The minimum Gasteiger partial charge on any atom is -0.0843 e. The topological polar surface area (TPSA) is 0 Å². The second kappa shape index (κ2) is 8.54. The normalized spacial score (nSPS) is 11.6. The first-order valence-electron chi connectivity index (χ1n) is 11.4. The maximum atomic E-state index is 6.06. The van der Waals surface area contributed by atoms with Crippen LogP contribution in [0.5, 0.6) is 0 Å². The van der Waals surface area contributed by atoms with Crippen molar-refractivity contribution in [2.24, 2.45) is 0 Å². The highest BCUT2D eigenvalue weighted by Gasteiger charge is 2.15. The van der Waals surface area contributed by atoms with Gasteiger partial charge in [-0.3, -0.25) is 0 Å². The van der Waals surface area contributed by atoms with Crippen molar-refractivity contribution in [3.05, 3.63) is 120 Å². The molecule has 0 bridgehead atoms. The van der Waals surface area contributed by atoms with Crippen LogP contribution in [0.3, 0.4) is 0 Å². The maximum Gasteiger partial charge on any atom is 0.0406 e. The minimum atomic E-state index is 0.147. The molecule has 0 radical (unpaired) electrons. The molecule has 0 atom stereocenters. The van der Waals surface area contributed by atoms with Gasteiger partial charge in [-0.1, -0.05) is 129 Å². The van der Waals surface area contributed by atoms with Gasteiger partial charge in [0.05, 0.1) is 0 Å². The molecule has 0 aliphatic heterocycles. The molecule has 0 heterocycles. The number of hydrogen-bond donors (Lipinski definition) is 0. The highest BCUT2D eigenvalue weighted by atomic mass is 35.5. The van der Waals surface area contributed by atoms with E-state index < -0.39 is 0 Å².